The average Bonchev–Trinajstić information content (AvgIpc) is 4.09. The van der Waals surface area contributed by atoms with Gasteiger partial charge in [-0.15, -0.1) is 0 Å². The van der Waals surface area contributed by atoms with Gasteiger partial charge in [0, 0.05) is 85.6 Å². The first kappa shape index (κ1) is 41.4. The molecule has 4 N–H and O–H groups in total. The molecule has 6 unspecified atom stereocenters. The van der Waals surface area contributed by atoms with Crippen LogP contribution in [-0.2, 0) is 12.4 Å². The normalized spacial score (nSPS) is 22.4. The fourth-order valence-electron chi connectivity index (χ4n) is 7.93. The molecule has 0 spiro atoms. The van der Waals surface area contributed by atoms with E-state index in [-0.39, 0.29) is 46.2 Å². The number of hydrogen-bond acceptors (Lipinski definition) is 14. The van der Waals surface area contributed by atoms with E-state index in [4.69, 9.17) is 0 Å². The SMILES string of the molecule is CC1CN(c2ccnc(-c3cnc4sc(C(F)(F)F)cn34)n2)C(C)C(c2cn[nH]c2)N1.CC1CN(c2ccnc(-c3cnc4sc(C(F)(F)F)cn34)n2)C(C)C(c2cn[nH]c2)N1. The molecular formula is C38H38F6N16S2. The number of anilines is 2. The Morgan fingerprint density at radius 2 is 1.02 bits per heavy atom. The molecule has 0 radical (unpaired) electrons. The van der Waals surface area contributed by atoms with E-state index in [0.29, 0.717) is 57.3 Å². The number of nitrogens with one attached hydrogen (secondary N) is 4. The quantitative estimate of drug-likeness (QED) is 0.126. The highest BCUT2D eigenvalue weighted by Crippen LogP contribution is 2.38. The van der Waals surface area contributed by atoms with Crippen LogP contribution in [0.15, 0.2) is 74.1 Å². The van der Waals surface area contributed by atoms with Crippen LogP contribution in [0.2, 0.25) is 0 Å². The van der Waals surface area contributed by atoms with E-state index in [1.165, 1.54) is 21.2 Å². The standard InChI is InChI=1S/2C19H19F3N8S/c2*1-10-8-29(11(2)16(27-10)12-5-25-26-6-12)15-3-4-23-17(28-15)13-7-24-18-30(13)9-14(31-18)19(20,21)22/h2*3-7,9-11,16,27H,8H2,1-2H3,(H,25,26). The third kappa shape index (κ3) is 7.97. The van der Waals surface area contributed by atoms with Crippen LogP contribution < -0.4 is 20.4 Å². The van der Waals surface area contributed by atoms with Crippen LogP contribution in [0.3, 0.4) is 0 Å². The Bertz CT molecular complexity index is 2590. The second-order valence-corrected chi connectivity index (χ2v) is 17.2. The molecular weight excluding hydrogens is 859 g/mol. The van der Waals surface area contributed by atoms with E-state index in [2.05, 4.69) is 98.4 Å². The maximum absolute atomic E-state index is 13.1. The van der Waals surface area contributed by atoms with Gasteiger partial charge in [-0.25, -0.2) is 29.9 Å². The van der Waals surface area contributed by atoms with Crippen LogP contribution in [0.5, 0.6) is 0 Å². The molecule has 2 fully saturated rings. The van der Waals surface area contributed by atoms with Crippen molar-refractivity contribution in [3.63, 3.8) is 0 Å². The molecule has 0 aliphatic carbocycles. The minimum atomic E-state index is -4.42. The van der Waals surface area contributed by atoms with Crippen LogP contribution in [0.4, 0.5) is 38.0 Å². The van der Waals surface area contributed by atoms with Gasteiger partial charge in [0.05, 0.1) is 36.9 Å². The van der Waals surface area contributed by atoms with Crippen LogP contribution in [0.1, 0.15) is 60.7 Å². The van der Waals surface area contributed by atoms with Crippen molar-refractivity contribution in [1.29, 1.82) is 0 Å². The van der Waals surface area contributed by atoms with Crippen molar-refractivity contribution in [2.24, 2.45) is 0 Å². The van der Waals surface area contributed by atoms with Crippen molar-refractivity contribution in [2.45, 2.75) is 76.3 Å². The number of nitrogens with zero attached hydrogens (tertiary/aromatic N) is 12. The van der Waals surface area contributed by atoms with Gasteiger partial charge in [-0.05, 0) is 39.8 Å². The molecule has 16 nitrogen and oxygen atoms in total. The lowest BCUT2D eigenvalue weighted by molar-refractivity contribution is -0.135. The van der Waals surface area contributed by atoms with Gasteiger partial charge in [-0.3, -0.25) is 19.0 Å². The van der Waals surface area contributed by atoms with E-state index in [1.807, 2.05) is 24.5 Å². The fourth-order valence-corrected chi connectivity index (χ4v) is 9.58. The Morgan fingerprint density at radius 1 is 0.597 bits per heavy atom. The largest absolute Gasteiger partial charge is 0.427 e. The van der Waals surface area contributed by atoms with Crippen molar-refractivity contribution in [3.05, 3.63) is 95.0 Å². The molecule has 62 heavy (non-hydrogen) atoms. The Hall–Kier alpha value is -5.98. The van der Waals surface area contributed by atoms with E-state index in [1.54, 1.807) is 24.8 Å². The van der Waals surface area contributed by atoms with Gasteiger partial charge in [0.2, 0.25) is 0 Å². The number of fused-ring (bicyclic) bond motifs is 2. The lowest BCUT2D eigenvalue weighted by atomic mass is 9.97. The van der Waals surface area contributed by atoms with Crippen LogP contribution >= 0.6 is 22.7 Å². The summed E-state index contributed by atoms with van der Waals surface area (Å²) < 4.78 is 81.4. The Kier molecular flexibility index (Phi) is 10.7. The number of H-pyrrole nitrogens is 2. The number of piperazine rings is 2. The van der Waals surface area contributed by atoms with Crippen LogP contribution in [0.25, 0.3) is 33.0 Å². The lowest BCUT2D eigenvalue weighted by Crippen LogP contribution is -2.56. The number of hydrogen-bond donors (Lipinski definition) is 4. The zero-order valence-electron chi connectivity index (χ0n) is 33.3. The molecule has 0 bridgehead atoms. The summed E-state index contributed by atoms with van der Waals surface area (Å²) in [7, 11) is 0. The second kappa shape index (κ2) is 16.0. The first-order chi connectivity index (χ1) is 29.6. The van der Waals surface area contributed by atoms with Gasteiger partial charge < -0.3 is 20.4 Å². The Morgan fingerprint density at radius 3 is 1.39 bits per heavy atom. The number of imidazole rings is 2. The van der Waals surface area contributed by atoms with Crippen LogP contribution in [-0.4, -0.2) is 96.4 Å². The Balaban J connectivity index is 0.000000158. The van der Waals surface area contributed by atoms with Crippen molar-refractivity contribution < 1.29 is 26.3 Å². The maximum Gasteiger partial charge on any atom is 0.427 e. The number of aromatic nitrogens is 12. The highest BCUT2D eigenvalue weighted by Gasteiger charge is 2.37. The van der Waals surface area contributed by atoms with Crippen molar-refractivity contribution in [2.75, 3.05) is 22.9 Å². The topological polar surface area (TPSA) is 174 Å². The highest BCUT2D eigenvalue weighted by molar-refractivity contribution is 7.17. The van der Waals surface area contributed by atoms with E-state index in [9.17, 15) is 26.3 Å². The summed E-state index contributed by atoms with van der Waals surface area (Å²) in [6.07, 6.45) is 6.85. The summed E-state index contributed by atoms with van der Waals surface area (Å²) in [5, 5.41) is 21.0. The molecule has 8 aromatic heterocycles. The maximum atomic E-state index is 13.1. The number of thiazole rings is 2. The van der Waals surface area contributed by atoms with Crippen molar-refractivity contribution in [3.8, 4) is 23.0 Å². The number of aromatic amines is 2. The monoisotopic (exact) mass is 896 g/mol. The molecule has 2 saturated heterocycles. The molecule has 0 saturated carbocycles. The van der Waals surface area contributed by atoms with Gasteiger partial charge in [0.25, 0.3) is 0 Å². The summed E-state index contributed by atoms with van der Waals surface area (Å²) >= 11 is 1.19. The average molecular weight is 897 g/mol. The molecule has 324 valence electrons. The predicted molar refractivity (Wildman–Crippen MR) is 220 cm³/mol. The van der Waals surface area contributed by atoms with Gasteiger partial charge in [0.1, 0.15) is 32.8 Å². The second-order valence-electron chi connectivity index (χ2n) is 15.2. The molecule has 2 aliphatic rings. The van der Waals surface area contributed by atoms with Gasteiger partial charge in [-0.2, -0.15) is 36.5 Å². The minimum absolute atomic E-state index is 0.0498. The van der Waals surface area contributed by atoms with Gasteiger partial charge in [-0.1, -0.05) is 22.7 Å². The van der Waals surface area contributed by atoms with E-state index >= 15 is 0 Å². The number of rotatable bonds is 6. The molecule has 24 heteroatoms. The summed E-state index contributed by atoms with van der Waals surface area (Å²) in [5.41, 5.74) is 2.94. The third-order valence-corrected chi connectivity index (χ3v) is 13.0. The summed E-state index contributed by atoms with van der Waals surface area (Å²) in [6.45, 7) is 9.85. The fraction of sp³-hybridized carbons (Fsp3) is 0.368. The summed E-state index contributed by atoms with van der Waals surface area (Å²) in [6, 6.07) is 4.27. The summed E-state index contributed by atoms with van der Waals surface area (Å²) in [5.74, 6) is 2.07. The predicted octanol–water partition coefficient (Wildman–Crippen LogP) is 7.05. The smallest absolute Gasteiger partial charge is 0.350 e. The molecule has 0 aromatic carbocycles. The Labute approximate surface area is 356 Å². The van der Waals surface area contributed by atoms with E-state index < -0.39 is 22.1 Å². The summed E-state index contributed by atoms with van der Waals surface area (Å²) in [4.78, 5) is 29.6. The molecule has 6 atom stereocenters. The highest BCUT2D eigenvalue weighted by atomic mass is 32.1. The minimum Gasteiger partial charge on any atom is -0.350 e. The first-order valence-corrected chi connectivity index (χ1v) is 21.0. The molecule has 8 aromatic rings. The molecule has 0 amide bonds. The number of alkyl halides is 6. The van der Waals surface area contributed by atoms with Crippen LogP contribution in [0, 0.1) is 0 Å². The van der Waals surface area contributed by atoms with Gasteiger partial charge >= 0.3 is 12.4 Å². The zero-order valence-corrected chi connectivity index (χ0v) is 34.9. The third-order valence-electron chi connectivity index (χ3n) is 10.9. The van der Waals surface area contributed by atoms with Crippen molar-refractivity contribution >= 4 is 44.2 Å². The lowest BCUT2D eigenvalue weighted by Gasteiger charge is -2.43. The number of halogens is 6. The first-order valence-electron chi connectivity index (χ1n) is 19.4. The van der Waals surface area contributed by atoms with E-state index in [0.717, 1.165) is 36.6 Å². The molecule has 10 rings (SSSR count). The molecule has 2 aliphatic heterocycles. The van der Waals surface area contributed by atoms with Crippen molar-refractivity contribution in [1.82, 2.24) is 69.7 Å². The zero-order chi connectivity index (χ0) is 43.5. The van der Waals surface area contributed by atoms with Gasteiger partial charge in [0.15, 0.2) is 21.6 Å². The molecule has 10 heterocycles.